The van der Waals surface area contributed by atoms with E-state index in [1.54, 1.807) is 26.9 Å². The van der Waals surface area contributed by atoms with Crippen molar-refractivity contribution in [1.82, 2.24) is 19.5 Å². The first-order chi connectivity index (χ1) is 15.0. The highest BCUT2D eigenvalue weighted by molar-refractivity contribution is 9.10. The Bertz CT molecular complexity index is 1190. The van der Waals surface area contributed by atoms with Crippen LogP contribution in [0.15, 0.2) is 58.5 Å². The second-order valence-corrected chi connectivity index (χ2v) is 9.38. The van der Waals surface area contributed by atoms with E-state index < -0.39 is 0 Å². The molecule has 1 aromatic carbocycles. The molecule has 0 fully saturated rings. The number of anilines is 1. The van der Waals surface area contributed by atoms with E-state index in [0.29, 0.717) is 30.2 Å². The van der Waals surface area contributed by atoms with Gasteiger partial charge in [-0.2, -0.15) is 9.61 Å². The van der Waals surface area contributed by atoms with E-state index in [-0.39, 0.29) is 5.91 Å². The smallest absolute Gasteiger partial charge is 0.227 e. The third-order valence-electron chi connectivity index (χ3n) is 4.89. The molecule has 0 saturated carbocycles. The Kier molecular flexibility index (Phi) is 6.89. The van der Waals surface area contributed by atoms with Crippen molar-refractivity contribution in [2.45, 2.75) is 12.8 Å². The molecule has 160 valence electrons. The zero-order chi connectivity index (χ0) is 21.8. The fourth-order valence-corrected chi connectivity index (χ4v) is 4.50. The highest BCUT2D eigenvalue weighted by Gasteiger charge is 2.14. The zero-order valence-electron chi connectivity index (χ0n) is 16.9. The first kappa shape index (κ1) is 21.8. The van der Waals surface area contributed by atoms with E-state index in [1.807, 2.05) is 54.9 Å². The van der Waals surface area contributed by atoms with Gasteiger partial charge in [-0.25, -0.2) is 4.98 Å². The molecular weight excluding hydrogens is 498 g/mol. The summed E-state index contributed by atoms with van der Waals surface area (Å²) in [6, 6.07) is 13.5. The van der Waals surface area contributed by atoms with Crippen LogP contribution in [0, 0.1) is 0 Å². The molecule has 6 nitrogen and oxygen atoms in total. The summed E-state index contributed by atoms with van der Waals surface area (Å²) in [5.41, 5.74) is 2.34. The molecule has 0 unspecified atom stereocenters. The lowest BCUT2D eigenvalue weighted by atomic mass is 10.1. The Morgan fingerprint density at radius 3 is 2.90 bits per heavy atom. The van der Waals surface area contributed by atoms with E-state index >= 15 is 0 Å². The predicted octanol–water partition coefficient (Wildman–Crippen LogP) is 5.38. The number of likely N-dealkylation sites (N-methyl/N-ethyl adjacent to an activating group) is 1. The summed E-state index contributed by atoms with van der Waals surface area (Å²) in [4.78, 5) is 19.9. The van der Waals surface area contributed by atoms with Gasteiger partial charge in [-0.05, 0) is 39.9 Å². The van der Waals surface area contributed by atoms with Crippen molar-refractivity contribution < 1.29 is 4.79 Å². The van der Waals surface area contributed by atoms with Gasteiger partial charge in [0.25, 0.3) is 0 Å². The number of nitrogens with one attached hydrogen (secondary N) is 1. The molecule has 3 aromatic heterocycles. The summed E-state index contributed by atoms with van der Waals surface area (Å²) in [5.74, 6) is 0.948. The molecule has 0 aliphatic rings. The van der Waals surface area contributed by atoms with Gasteiger partial charge in [0.05, 0.1) is 22.8 Å². The lowest BCUT2D eigenvalue weighted by Crippen LogP contribution is -2.30. The number of thiophene rings is 1. The van der Waals surface area contributed by atoms with Crippen molar-refractivity contribution >= 4 is 56.2 Å². The van der Waals surface area contributed by atoms with Gasteiger partial charge in [-0.1, -0.05) is 35.9 Å². The molecule has 0 saturated heterocycles. The van der Waals surface area contributed by atoms with Crippen LogP contribution in [0.5, 0.6) is 0 Å². The summed E-state index contributed by atoms with van der Waals surface area (Å²) in [6.07, 6.45) is 2.98. The number of benzene rings is 1. The molecule has 9 heteroatoms. The van der Waals surface area contributed by atoms with Crippen molar-refractivity contribution in [1.29, 1.82) is 0 Å². The first-order valence-electron chi connectivity index (χ1n) is 9.82. The number of aromatic nitrogens is 3. The molecule has 0 bridgehead atoms. The van der Waals surface area contributed by atoms with E-state index in [1.165, 1.54) is 0 Å². The lowest BCUT2D eigenvalue weighted by Gasteiger charge is -2.17. The van der Waals surface area contributed by atoms with Gasteiger partial charge in [0.15, 0.2) is 5.65 Å². The fraction of sp³-hybridized carbons (Fsp3) is 0.227. The molecule has 0 aliphatic heterocycles. The molecule has 4 aromatic rings. The molecule has 31 heavy (non-hydrogen) atoms. The summed E-state index contributed by atoms with van der Waals surface area (Å²) in [7, 11) is 1.85. The monoisotopic (exact) mass is 517 g/mol. The van der Waals surface area contributed by atoms with Crippen LogP contribution in [0.3, 0.4) is 0 Å². The Balaban J connectivity index is 1.43. The highest BCUT2D eigenvalue weighted by atomic mass is 79.9. The number of nitrogens with zero attached hydrogens (tertiary/aromatic N) is 4. The molecule has 0 radical (unpaired) electrons. The topological polar surface area (TPSA) is 62.5 Å². The summed E-state index contributed by atoms with van der Waals surface area (Å²) < 4.78 is 2.57. The highest BCUT2D eigenvalue weighted by Crippen LogP contribution is 2.30. The van der Waals surface area contributed by atoms with Crippen molar-refractivity contribution in [3.05, 3.63) is 68.4 Å². The van der Waals surface area contributed by atoms with Crippen LogP contribution in [0.2, 0.25) is 5.02 Å². The molecule has 1 amide bonds. The predicted molar refractivity (Wildman–Crippen MR) is 130 cm³/mol. The van der Waals surface area contributed by atoms with Crippen LogP contribution < -0.4 is 5.32 Å². The third kappa shape index (κ3) is 5.08. The average molecular weight is 519 g/mol. The normalized spacial score (nSPS) is 11.1. The largest absolute Gasteiger partial charge is 0.370 e. The van der Waals surface area contributed by atoms with Gasteiger partial charge in [0, 0.05) is 41.7 Å². The van der Waals surface area contributed by atoms with Gasteiger partial charge >= 0.3 is 0 Å². The molecule has 0 spiro atoms. The second-order valence-electron chi connectivity index (χ2n) is 7.09. The fourth-order valence-electron chi connectivity index (χ4n) is 3.22. The van der Waals surface area contributed by atoms with Crippen LogP contribution >= 0.6 is 38.9 Å². The van der Waals surface area contributed by atoms with Gasteiger partial charge < -0.3 is 10.2 Å². The standard InChI is InChI=1S/C22H21BrClN5OS/c1-28(21(30)12-15-6-4-11-31-15)10-5-9-25-20-13-19(16-7-2-3-8-18(16)24)27-22-17(23)14-26-29(20)22/h2-4,6-8,11,13-14,25H,5,9-10,12H2,1H3. The summed E-state index contributed by atoms with van der Waals surface area (Å²) >= 11 is 11.5. The van der Waals surface area contributed by atoms with E-state index in [0.717, 1.165) is 32.8 Å². The number of hydrogen-bond acceptors (Lipinski definition) is 5. The van der Waals surface area contributed by atoms with Crippen LogP contribution in [0.4, 0.5) is 5.82 Å². The van der Waals surface area contributed by atoms with Crippen molar-refractivity contribution in [2.24, 2.45) is 0 Å². The first-order valence-corrected chi connectivity index (χ1v) is 11.9. The third-order valence-corrected chi connectivity index (χ3v) is 6.65. The number of amides is 1. The van der Waals surface area contributed by atoms with Crippen molar-refractivity contribution in [3.63, 3.8) is 0 Å². The number of fused-ring (bicyclic) bond motifs is 1. The Hall–Kier alpha value is -2.42. The van der Waals surface area contributed by atoms with E-state index in [4.69, 9.17) is 16.6 Å². The maximum atomic E-state index is 12.4. The van der Waals surface area contributed by atoms with E-state index in [2.05, 4.69) is 26.3 Å². The average Bonchev–Trinajstić information content (AvgIpc) is 3.41. The number of carbonyl (C=O) groups excluding carboxylic acids is 1. The number of rotatable bonds is 8. The Morgan fingerprint density at radius 1 is 1.29 bits per heavy atom. The number of halogens is 2. The molecule has 4 rings (SSSR count). The van der Waals surface area contributed by atoms with Gasteiger partial charge in [-0.15, -0.1) is 11.3 Å². The maximum Gasteiger partial charge on any atom is 0.227 e. The van der Waals surface area contributed by atoms with Crippen LogP contribution in [0.1, 0.15) is 11.3 Å². The quantitative estimate of drug-likeness (QED) is 0.318. The van der Waals surface area contributed by atoms with E-state index in [9.17, 15) is 4.79 Å². The Labute approximate surface area is 198 Å². The summed E-state index contributed by atoms with van der Waals surface area (Å²) in [5, 5.41) is 10.5. The molecule has 0 aliphatic carbocycles. The van der Waals surface area contributed by atoms with Crippen LogP contribution in [0.25, 0.3) is 16.9 Å². The summed E-state index contributed by atoms with van der Waals surface area (Å²) in [6.45, 7) is 1.36. The minimum Gasteiger partial charge on any atom is -0.370 e. The number of hydrogen-bond donors (Lipinski definition) is 1. The van der Waals surface area contributed by atoms with Crippen LogP contribution in [-0.4, -0.2) is 45.5 Å². The Morgan fingerprint density at radius 2 is 2.13 bits per heavy atom. The van der Waals surface area contributed by atoms with Gasteiger partial charge in [0.2, 0.25) is 5.91 Å². The second kappa shape index (κ2) is 9.80. The maximum absolute atomic E-state index is 12.4. The van der Waals surface area contributed by atoms with Crippen molar-refractivity contribution in [2.75, 3.05) is 25.5 Å². The van der Waals surface area contributed by atoms with Gasteiger partial charge in [-0.3, -0.25) is 4.79 Å². The molecule has 3 heterocycles. The molecule has 0 atom stereocenters. The lowest BCUT2D eigenvalue weighted by molar-refractivity contribution is -0.129. The van der Waals surface area contributed by atoms with Crippen LogP contribution in [-0.2, 0) is 11.2 Å². The molecule has 1 N–H and O–H groups in total. The number of carbonyl (C=O) groups is 1. The minimum atomic E-state index is 0.130. The SMILES string of the molecule is CN(CCCNc1cc(-c2ccccc2Cl)nc2c(Br)cnn12)C(=O)Cc1cccs1. The minimum absolute atomic E-state index is 0.130. The zero-order valence-corrected chi connectivity index (χ0v) is 20.0. The van der Waals surface area contributed by atoms with Crippen molar-refractivity contribution in [3.8, 4) is 11.3 Å². The molecular formula is C22H21BrClN5OS. The van der Waals surface area contributed by atoms with Gasteiger partial charge in [0.1, 0.15) is 5.82 Å².